The summed E-state index contributed by atoms with van der Waals surface area (Å²) in [5, 5.41) is 0.516. The Balaban J connectivity index is 2.16. The van der Waals surface area contributed by atoms with Gasteiger partial charge in [0.05, 0.1) is 12.1 Å². The molecule has 1 aliphatic rings. The Morgan fingerprint density at radius 3 is 2.60 bits per heavy atom. The van der Waals surface area contributed by atoms with E-state index in [0.717, 1.165) is 5.56 Å². The number of rotatable bonds is 4. The van der Waals surface area contributed by atoms with E-state index in [1.54, 1.807) is 12.1 Å². The van der Waals surface area contributed by atoms with Crippen LogP contribution in [0.3, 0.4) is 0 Å². The van der Waals surface area contributed by atoms with Crippen LogP contribution in [-0.4, -0.2) is 13.0 Å². The van der Waals surface area contributed by atoms with Crippen LogP contribution in [0.5, 0.6) is 5.75 Å². The van der Waals surface area contributed by atoms with Crippen LogP contribution < -0.4 is 16.0 Å². The molecule has 1 aliphatic carbocycles. The number of ether oxygens (including phenoxy) is 1. The molecule has 3 nitrogen and oxygen atoms in total. The number of alkyl halides is 2. The molecule has 1 atom stereocenters. The zero-order chi connectivity index (χ0) is 14.8. The maximum absolute atomic E-state index is 13.2. The highest BCUT2D eigenvalue weighted by Gasteiger charge is 2.37. The largest absolute Gasteiger partial charge is 0.495 e. The lowest BCUT2D eigenvalue weighted by Gasteiger charge is -2.33. The van der Waals surface area contributed by atoms with Gasteiger partial charge in [-0.3, -0.25) is 11.3 Å². The van der Waals surface area contributed by atoms with Crippen LogP contribution in [0.4, 0.5) is 8.78 Å². The summed E-state index contributed by atoms with van der Waals surface area (Å²) in [6, 6.07) is 5.22. The summed E-state index contributed by atoms with van der Waals surface area (Å²) in [5.74, 6) is 3.74. The quantitative estimate of drug-likeness (QED) is 0.659. The highest BCUT2D eigenvalue weighted by atomic mass is 35.5. The SMILES string of the molecule is COc1cc(C(NN)C2CCC(F)(F)CC2)ccc1Cl. The molecule has 0 radical (unpaired) electrons. The third kappa shape index (κ3) is 3.40. The molecule has 0 aliphatic heterocycles. The fourth-order valence-electron chi connectivity index (χ4n) is 2.77. The van der Waals surface area contributed by atoms with Gasteiger partial charge in [-0.05, 0) is 36.5 Å². The first-order valence-electron chi connectivity index (χ1n) is 6.64. The second-order valence-corrected chi connectivity index (χ2v) is 5.64. The number of methoxy groups -OCH3 is 1. The van der Waals surface area contributed by atoms with E-state index in [1.807, 2.05) is 6.07 Å². The lowest BCUT2D eigenvalue weighted by molar-refractivity contribution is -0.0498. The number of hydrogen-bond acceptors (Lipinski definition) is 3. The van der Waals surface area contributed by atoms with Crippen molar-refractivity contribution in [1.29, 1.82) is 0 Å². The van der Waals surface area contributed by atoms with Gasteiger partial charge in [-0.15, -0.1) is 0 Å². The van der Waals surface area contributed by atoms with Crippen LogP contribution in [0.2, 0.25) is 5.02 Å². The highest BCUT2D eigenvalue weighted by Crippen LogP contribution is 2.42. The Kier molecular flexibility index (Phi) is 4.83. The molecule has 2 rings (SSSR count). The zero-order valence-corrected chi connectivity index (χ0v) is 12.1. The summed E-state index contributed by atoms with van der Waals surface area (Å²) in [6.45, 7) is 0. The lowest BCUT2D eigenvalue weighted by atomic mass is 9.80. The van der Waals surface area contributed by atoms with Crippen LogP contribution in [0.25, 0.3) is 0 Å². The molecule has 0 spiro atoms. The van der Waals surface area contributed by atoms with E-state index in [1.165, 1.54) is 7.11 Å². The Labute approximate surface area is 122 Å². The molecule has 1 fully saturated rings. The van der Waals surface area contributed by atoms with Crippen molar-refractivity contribution >= 4 is 11.6 Å². The molecule has 1 unspecified atom stereocenters. The first-order chi connectivity index (χ1) is 9.46. The van der Waals surface area contributed by atoms with Crippen molar-refractivity contribution in [3.8, 4) is 5.75 Å². The molecule has 0 amide bonds. The Hall–Kier alpha value is -0.910. The molecule has 0 bridgehead atoms. The van der Waals surface area contributed by atoms with Crippen molar-refractivity contribution in [2.45, 2.75) is 37.6 Å². The van der Waals surface area contributed by atoms with Gasteiger partial charge in [-0.1, -0.05) is 17.7 Å². The van der Waals surface area contributed by atoms with Gasteiger partial charge in [0.15, 0.2) is 0 Å². The number of hydrogen-bond donors (Lipinski definition) is 2. The zero-order valence-electron chi connectivity index (χ0n) is 11.3. The highest BCUT2D eigenvalue weighted by molar-refractivity contribution is 6.32. The molecular weight excluding hydrogens is 286 g/mol. The van der Waals surface area contributed by atoms with Crippen LogP contribution in [0, 0.1) is 5.92 Å². The number of halogens is 3. The fraction of sp³-hybridized carbons (Fsp3) is 0.571. The van der Waals surface area contributed by atoms with Gasteiger partial charge in [-0.25, -0.2) is 8.78 Å². The molecule has 1 aromatic carbocycles. The van der Waals surface area contributed by atoms with Crippen molar-refractivity contribution in [2.24, 2.45) is 11.8 Å². The normalized spacial score (nSPS) is 20.6. The molecule has 112 valence electrons. The van der Waals surface area contributed by atoms with Crippen LogP contribution in [-0.2, 0) is 0 Å². The first-order valence-corrected chi connectivity index (χ1v) is 7.02. The minimum Gasteiger partial charge on any atom is -0.495 e. The second-order valence-electron chi connectivity index (χ2n) is 5.23. The number of nitrogens with two attached hydrogens (primary N) is 1. The number of benzene rings is 1. The van der Waals surface area contributed by atoms with E-state index in [0.29, 0.717) is 23.6 Å². The summed E-state index contributed by atoms with van der Waals surface area (Å²) >= 11 is 5.99. The van der Waals surface area contributed by atoms with Crippen molar-refractivity contribution in [2.75, 3.05) is 7.11 Å². The predicted molar refractivity (Wildman–Crippen MR) is 75.0 cm³/mol. The third-order valence-electron chi connectivity index (χ3n) is 3.95. The minimum atomic E-state index is -2.53. The van der Waals surface area contributed by atoms with Crippen molar-refractivity contribution in [3.05, 3.63) is 28.8 Å². The molecule has 20 heavy (non-hydrogen) atoms. The Morgan fingerprint density at radius 2 is 2.05 bits per heavy atom. The smallest absolute Gasteiger partial charge is 0.248 e. The summed E-state index contributed by atoms with van der Waals surface area (Å²) in [6.07, 6.45) is 0.737. The average molecular weight is 305 g/mol. The number of nitrogens with one attached hydrogen (secondary N) is 1. The van der Waals surface area contributed by atoms with Gasteiger partial charge >= 0.3 is 0 Å². The second kappa shape index (κ2) is 6.24. The topological polar surface area (TPSA) is 47.3 Å². The lowest BCUT2D eigenvalue weighted by Crippen LogP contribution is -2.37. The maximum atomic E-state index is 13.2. The van der Waals surface area contributed by atoms with Crippen molar-refractivity contribution in [1.82, 2.24) is 5.43 Å². The minimum absolute atomic E-state index is 0.0828. The van der Waals surface area contributed by atoms with Crippen molar-refractivity contribution in [3.63, 3.8) is 0 Å². The molecule has 1 aromatic rings. The van der Waals surface area contributed by atoms with Gasteiger partial charge < -0.3 is 4.74 Å². The van der Waals surface area contributed by atoms with E-state index >= 15 is 0 Å². The molecule has 0 heterocycles. The summed E-state index contributed by atoms with van der Waals surface area (Å²) in [4.78, 5) is 0. The van der Waals surface area contributed by atoms with Crippen LogP contribution >= 0.6 is 11.6 Å². The van der Waals surface area contributed by atoms with Crippen LogP contribution in [0.15, 0.2) is 18.2 Å². The molecule has 6 heteroatoms. The molecule has 3 N–H and O–H groups in total. The Bertz CT molecular complexity index is 460. The van der Waals surface area contributed by atoms with Gasteiger partial charge in [0.1, 0.15) is 5.75 Å². The summed E-state index contributed by atoms with van der Waals surface area (Å²) in [7, 11) is 1.54. The van der Waals surface area contributed by atoms with E-state index < -0.39 is 5.92 Å². The first kappa shape index (κ1) is 15.5. The van der Waals surface area contributed by atoms with Gasteiger partial charge in [0.25, 0.3) is 0 Å². The van der Waals surface area contributed by atoms with Crippen molar-refractivity contribution < 1.29 is 13.5 Å². The summed E-state index contributed by atoms with van der Waals surface area (Å²) < 4.78 is 31.6. The van der Waals surface area contributed by atoms with Gasteiger partial charge in [0, 0.05) is 18.9 Å². The van der Waals surface area contributed by atoms with E-state index in [4.69, 9.17) is 22.2 Å². The molecule has 0 aromatic heterocycles. The summed E-state index contributed by atoms with van der Waals surface area (Å²) in [5.41, 5.74) is 3.65. The molecule has 1 saturated carbocycles. The monoisotopic (exact) mass is 304 g/mol. The van der Waals surface area contributed by atoms with E-state index in [9.17, 15) is 8.78 Å². The third-order valence-corrected chi connectivity index (χ3v) is 4.26. The van der Waals surface area contributed by atoms with E-state index in [-0.39, 0.29) is 24.8 Å². The average Bonchev–Trinajstić information content (AvgIpc) is 2.43. The van der Waals surface area contributed by atoms with Gasteiger partial charge in [0.2, 0.25) is 5.92 Å². The maximum Gasteiger partial charge on any atom is 0.248 e. The standard InChI is InChI=1S/C14H19ClF2N2O/c1-20-12-8-10(2-3-11(12)15)13(19-18)9-4-6-14(16,17)7-5-9/h2-3,8-9,13,19H,4-7,18H2,1H3. The van der Waals surface area contributed by atoms with E-state index in [2.05, 4.69) is 5.43 Å². The molecular formula is C14H19ClF2N2O. The number of hydrazine groups is 1. The Morgan fingerprint density at radius 1 is 1.40 bits per heavy atom. The van der Waals surface area contributed by atoms with Crippen LogP contribution in [0.1, 0.15) is 37.3 Å². The predicted octanol–water partition coefficient (Wildman–Crippen LogP) is 3.68. The molecule has 0 saturated heterocycles. The fourth-order valence-corrected chi connectivity index (χ4v) is 2.96. The van der Waals surface area contributed by atoms with Gasteiger partial charge in [-0.2, -0.15) is 0 Å².